The molecule has 0 amide bonds. The average molecular weight is 804 g/mol. The molecule has 4 aromatic heterocycles. The van der Waals surface area contributed by atoms with Crippen molar-refractivity contribution in [2.45, 2.75) is 0 Å². The van der Waals surface area contributed by atoms with E-state index in [4.69, 9.17) is 9.97 Å². The molecule has 13 rings (SSSR count). The molecule has 0 bridgehead atoms. The van der Waals surface area contributed by atoms with E-state index in [0.29, 0.717) is 5.82 Å². The van der Waals surface area contributed by atoms with Crippen LogP contribution < -0.4 is 0 Å². The number of nitrogens with zero attached hydrogens (tertiary/aromatic N) is 5. The monoisotopic (exact) mass is 803 g/mol. The van der Waals surface area contributed by atoms with Gasteiger partial charge in [0, 0.05) is 66.1 Å². The first-order valence-electron chi connectivity index (χ1n) is 21.4. The summed E-state index contributed by atoms with van der Waals surface area (Å²) in [6.45, 7) is 0. The Bertz CT molecular complexity index is 3820. The van der Waals surface area contributed by atoms with Gasteiger partial charge < -0.3 is 13.7 Å². The van der Waals surface area contributed by atoms with E-state index in [2.05, 4.69) is 214 Å². The van der Waals surface area contributed by atoms with E-state index in [1.54, 1.807) is 0 Å². The van der Waals surface area contributed by atoms with Crippen LogP contribution in [0.25, 0.3) is 116 Å². The number of fused-ring (bicyclic) bond motifs is 10. The minimum Gasteiger partial charge on any atom is -0.309 e. The minimum absolute atomic E-state index is 0.696. The van der Waals surface area contributed by atoms with Gasteiger partial charge in [-0.2, -0.15) is 0 Å². The van der Waals surface area contributed by atoms with Crippen LogP contribution in [0.2, 0.25) is 0 Å². The van der Waals surface area contributed by atoms with Crippen molar-refractivity contribution in [1.82, 2.24) is 23.7 Å². The first kappa shape index (κ1) is 35.2. The lowest BCUT2D eigenvalue weighted by molar-refractivity contribution is 1.16. The zero-order valence-electron chi connectivity index (χ0n) is 34.1. The lowest BCUT2D eigenvalue weighted by atomic mass is 10.0. The number of rotatable bonds is 6. The fraction of sp³-hybridized carbons (Fsp3) is 0. The zero-order valence-corrected chi connectivity index (χ0v) is 34.1. The first-order valence-corrected chi connectivity index (χ1v) is 21.4. The molecule has 13 aromatic rings. The van der Waals surface area contributed by atoms with Gasteiger partial charge in [-0.25, -0.2) is 9.97 Å². The van der Waals surface area contributed by atoms with Gasteiger partial charge >= 0.3 is 0 Å². The van der Waals surface area contributed by atoms with Gasteiger partial charge in [0.25, 0.3) is 0 Å². The molecule has 0 aliphatic carbocycles. The molecule has 294 valence electrons. The van der Waals surface area contributed by atoms with Crippen molar-refractivity contribution in [2.24, 2.45) is 0 Å². The molecule has 0 atom stereocenters. The maximum absolute atomic E-state index is 5.27. The average Bonchev–Trinajstić information content (AvgIpc) is 4.00. The molecule has 0 aliphatic heterocycles. The SMILES string of the molecule is c1ccc(-c2cc(-c3ccc4c5c(ccc6c7ccccc7n(-c7ccccc7)c65)n(-c5ccc6c(c5)c5ccccc5n6-c5ccccc5)c4c3)nc(-c3ccccc3)n2)cc1. The highest BCUT2D eigenvalue weighted by Gasteiger charge is 2.23. The molecular formula is C58H37N5. The summed E-state index contributed by atoms with van der Waals surface area (Å²) in [5.41, 5.74) is 15.1. The number of aromatic nitrogens is 5. The summed E-state index contributed by atoms with van der Waals surface area (Å²) in [7, 11) is 0. The summed E-state index contributed by atoms with van der Waals surface area (Å²) in [6.07, 6.45) is 0. The molecule has 4 heterocycles. The highest BCUT2D eigenvalue weighted by Crippen LogP contribution is 2.44. The van der Waals surface area contributed by atoms with Crippen molar-refractivity contribution in [2.75, 3.05) is 0 Å². The van der Waals surface area contributed by atoms with E-state index in [9.17, 15) is 0 Å². The van der Waals surface area contributed by atoms with Crippen molar-refractivity contribution < 1.29 is 0 Å². The summed E-state index contributed by atoms with van der Waals surface area (Å²) in [5.74, 6) is 0.696. The molecule has 0 saturated carbocycles. The third kappa shape index (κ3) is 5.50. The molecule has 0 radical (unpaired) electrons. The van der Waals surface area contributed by atoms with Crippen LogP contribution in [-0.2, 0) is 0 Å². The Hall–Kier alpha value is -8.54. The number of hydrogen-bond acceptors (Lipinski definition) is 2. The Morgan fingerprint density at radius 2 is 0.778 bits per heavy atom. The molecule has 0 spiro atoms. The Morgan fingerprint density at radius 1 is 0.270 bits per heavy atom. The fourth-order valence-corrected chi connectivity index (χ4v) is 9.86. The van der Waals surface area contributed by atoms with Crippen molar-refractivity contribution in [1.29, 1.82) is 0 Å². The Labute approximate surface area is 363 Å². The third-order valence-corrected chi connectivity index (χ3v) is 12.6. The second-order valence-electron chi connectivity index (χ2n) is 16.2. The quantitative estimate of drug-likeness (QED) is 0.168. The molecule has 5 heteroatoms. The van der Waals surface area contributed by atoms with Crippen LogP contribution in [0.5, 0.6) is 0 Å². The molecule has 5 nitrogen and oxygen atoms in total. The predicted molar refractivity (Wildman–Crippen MR) is 261 cm³/mol. The number of para-hydroxylation sites is 4. The molecule has 0 saturated heterocycles. The minimum atomic E-state index is 0.696. The van der Waals surface area contributed by atoms with Crippen LogP contribution in [-0.4, -0.2) is 23.7 Å². The highest BCUT2D eigenvalue weighted by atomic mass is 15.0. The lowest BCUT2D eigenvalue weighted by Crippen LogP contribution is -1.97. The number of hydrogen-bond donors (Lipinski definition) is 0. The van der Waals surface area contributed by atoms with Gasteiger partial charge in [0.15, 0.2) is 5.82 Å². The van der Waals surface area contributed by atoms with Crippen LogP contribution in [0, 0.1) is 0 Å². The van der Waals surface area contributed by atoms with Gasteiger partial charge in [0.1, 0.15) is 0 Å². The van der Waals surface area contributed by atoms with E-state index < -0.39 is 0 Å². The molecule has 0 aliphatic rings. The maximum atomic E-state index is 5.27. The molecule has 63 heavy (non-hydrogen) atoms. The largest absolute Gasteiger partial charge is 0.309 e. The van der Waals surface area contributed by atoms with E-state index in [1.165, 1.54) is 54.4 Å². The van der Waals surface area contributed by atoms with Gasteiger partial charge in [-0.15, -0.1) is 0 Å². The normalized spacial score (nSPS) is 11.8. The van der Waals surface area contributed by atoms with Crippen molar-refractivity contribution in [3.05, 3.63) is 224 Å². The van der Waals surface area contributed by atoms with Crippen molar-refractivity contribution in [3.8, 4) is 51.0 Å². The lowest BCUT2D eigenvalue weighted by Gasteiger charge is -2.12. The molecule has 9 aromatic carbocycles. The van der Waals surface area contributed by atoms with Crippen molar-refractivity contribution >= 4 is 65.4 Å². The van der Waals surface area contributed by atoms with Crippen LogP contribution >= 0.6 is 0 Å². The molecular weight excluding hydrogens is 767 g/mol. The summed E-state index contributed by atoms with van der Waals surface area (Å²) in [4.78, 5) is 10.4. The van der Waals surface area contributed by atoms with Gasteiger partial charge in [0.05, 0.1) is 44.5 Å². The highest BCUT2D eigenvalue weighted by molar-refractivity contribution is 6.26. The summed E-state index contributed by atoms with van der Waals surface area (Å²) >= 11 is 0. The number of benzene rings is 9. The van der Waals surface area contributed by atoms with Gasteiger partial charge in [-0.3, -0.25) is 0 Å². The molecule has 0 unspecified atom stereocenters. The van der Waals surface area contributed by atoms with Crippen molar-refractivity contribution in [3.63, 3.8) is 0 Å². The van der Waals surface area contributed by atoms with Gasteiger partial charge in [-0.05, 0) is 72.8 Å². The molecule has 0 fully saturated rings. The van der Waals surface area contributed by atoms with Crippen LogP contribution in [0.15, 0.2) is 224 Å². The second kappa shape index (κ2) is 14.0. The van der Waals surface area contributed by atoms with Gasteiger partial charge in [-0.1, -0.05) is 152 Å². The standard InChI is InChI=1S/C58H37N5/c1-5-17-38(18-6-1)49-37-50(60-58(59-49)39-19-7-2-8-20-39)40-29-31-47-55(35-40)62(43-30-33-53-48(36-43)45-26-14-15-27-51(45)61(53)41-21-9-3-10-22-41)54-34-32-46-44-25-13-16-28-52(44)63(57(46)56(47)54)42-23-11-4-12-24-42/h1-37H. The third-order valence-electron chi connectivity index (χ3n) is 12.6. The van der Waals surface area contributed by atoms with Crippen LogP contribution in [0.4, 0.5) is 0 Å². The Balaban J connectivity index is 1.14. The predicted octanol–water partition coefficient (Wildman–Crippen LogP) is 14.8. The summed E-state index contributed by atoms with van der Waals surface area (Å²) < 4.78 is 7.29. The zero-order chi connectivity index (χ0) is 41.4. The summed E-state index contributed by atoms with van der Waals surface area (Å²) in [6, 6.07) is 80.2. The first-order chi connectivity index (χ1) is 31.3. The maximum Gasteiger partial charge on any atom is 0.160 e. The fourth-order valence-electron chi connectivity index (χ4n) is 9.86. The van der Waals surface area contributed by atoms with E-state index >= 15 is 0 Å². The molecule has 0 N–H and O–H groups in total. The smallest absolute Gasteiger partial charge is 0.160 e. The topological polar surface area (TPSA) is 40.6 Å². The van der Waals surface area contributed by atoms with Crippen LogP contribution in [0.1, 0.15) is 0 Å². The van der Waals surface area contributed by atoms with E-state index in [1.807, 2.05) is 24.3 Å². The van der Waals surface area contributed by atoms with Gasteiger partial charge in [0.2, 0.25) is 0 Å². The Morgan fingerprint density at radius 3 is 1.48 bits per heavy atom. The van der Waals surface area contributed by atoms with E-state index in [0.717, 1.165) is 56.2 Å². The second-order valence-corrected chi connectivity index (χ2v) is 16.2. The van der Waals surface area contributed by atoms with Crippen LogP contribution in [0.3, 0.4) is 0 Å². The summed E-state index contributed by atoms with van der Waals surface area (Å²) in [5, 5.41) is 7.25. The van der Waals surface area contributed by atoms with E-state index in [-0.39, 0.29) is 0 Å². The Kier molecular flexibility index (Phi) is 7.84.